The van der Waals surface area contributed by atoms with Gasteiger partial charge in [-0.3, -0.25) is 14.4 Å². The summed E-state index contributed by atoms with van der Waals surface area (Å²) in [5, 5.41) is 7.92. The van der Waals surface area contributed by atoms with Crippen LogP contribution in [0, 0.1) is 5.82 Å². The number of carbonyl (C=O) groups excluding carboxylic acids is 5. The zero-order valence-corrected chi connectivity index (χ0v) is 23.9. The Morgan fingerprint density at radius 2 is 1.75 bits per heavy atom. The van der Waals surface area contributed by atoms with Crippen molar-refractivity contribution in [3.63, 3.8) is 0 Å². The van der Waals surface area contributed by atoms with Crippen LogP contribution < -0.4 is 16.0 Å². The van der Waals surface area contributed by atoms with Gasteiger partial charge >= 0.3 is 18.3 Å². The second kappa shape index (κ2) is 12.9. The van der Waals surface area contributed by atoms with Gasteiger partial charge in [-0.05, 0) is 55.2 Å². The molecular weight excluding hydrogens is 590 g/mol. The van der Waals surface area contributed by atoms with Crippen molar-refractivity contribution >= 4 is 35.5 Å². The number of ether oxygens (including phenoxy) is 1. The molecule has 0 radical (unpaired) electrons. The Labute approximate surface area is 249 Å². The Kier molecular flexibility index (Phi) is 9.44. The molecule has 3 N–H and O–H groups in total. The Hall–Kier alpha value is -4.69. The van der Waals surface area contributed by atoms with Crippen LogP contribution in [-0.2, 0) is 37.7 Å². The highest BCUT2D eigenvalue weighted by molar-refractivity contribution is 6.06. The summed E-state index contributed by atoms with van der Waals surface area (Å²) in [4.78, 5) is 63.7. The molecule has 0 saturated carbocycles. The molecule has 2 aromatic rings. The molecule has 1 heterocycles. The van der Waals surface area contributed by atoms with E-state index in [0.29, 0.717) is 46.1 Å². The molecular formula is C29H31F4N5O6. The van der Waals surface area contributed by atoms with Gasteiger partial charge in [0.1, 0.15) is 18.4 Å². The number of benzene rings is 2. The molecule has 1 fully saturated rings. The van der Waals surface area contributed by atoms with Gasteiger partial charge in [-0.1, -0.05) is 18.2 Å². The van der Waals surface area contributed by atoms with Gasteiger partial charge < -0.3 is 25.6 Å². The number of rotatable bonds is 10. The van der Waals surface area contributed by atoms with Crippen molar-refractivity contribution in [2.24, 2.45) is 0 Å². The van der Waals surface area contributed by atoms with Gasteiger partial charge in [0.05, 0.1) is 0 Å². The monoisotopic (exact) mass is 621 g/mol. The van der Waals surface area contributed by atoms with Crippen LogP contribution in [0.3, 0.4) is 0 Å². The first-order chi connectivity index (χ1) is 20.7. The number of nitrogens with one attached hydrogen (secondary N) is 3. The van der Waals surface area contributed by atoms with Crippen molar-refractivity contribution in [1.29, 1.82) is 0 Å². The zero-order valence-electron chi connectivity index (χ0n) is 23.9. The number of alkyl halides is 3. The van der Waals surface area contributed by atoms with E-state index >= 15 is 0 Å². The number of anilines is 1. The second-order valence-corrected chi connectivity index (χ2v) is 10.5. The SMILES string of the molecule is CC(=O)NCCCNC(=O)Nc1ccc2c(c1)CC[C@@]21OC(=O)N(CC(=O)N(Cc2ccc(F)cc2)[C@@H](C)C(F)(F)F)C1=O. The third-order valence-electron chi connectivity index (χ3n) is 7.45. The molecule has 15 heteroatoms. The summed E-state index contributed by atoms with van der Waals surface area (Å²) in [6, 6.07) is 6.43. The summed E-state index contributed by atoms with van der Waals surface area (Å²) >= 11 is 0. The third-order valence-corrected chi connectivity index (χ3v) is 7.45. The van der Waals surface area contributed by atoms with Crippen LogP contribution in [-0.4, -0.2) is 71.5 Å². The summed E-state index contributed by atoms with van der Waals surface area (Å²) in [7, 11) is 0. The smallest absolute Gasteiger partial charge is 0.418 e. The number of imide groups is 1. The summed E-state index contributed by atoms with van der Waals surface area (Å²) in [5.41, 5.74) is -0.184. The van der Waals surface area contributed by atoms with E-state index in [-0.39, 0.29) is 24.3 Å². The van der Waals surface area contributed by atoms with E-state index in [1.807, 2.05) is 0 Å². The van der Waals surface area contributed by atoms with Crippen molar-refractivity contribution < 1.29 is 46.3 Å². The molecule has 44 heavy (non-hydrogen) atoms. The standard InChI is InChI=1S/C29H31F4N5O6/c1-17(29(31,32)33)37(15-19-4-6-21(30)7-5-19)24(40)16-38-25(41)28(44-27(38)43)11-10-20-14-22(8-9-23(20)28)36-26(42)35-13-3-12-34-18(2)39/h4-9,14,17H,3,10-13,15-16H2,1-2H3,(H,34,39)(H2,35,36,42)/t17-,28+/m0/s1. The predicted octanol–water partition coefficient (Wildman–Crippen LogP) is 3.57. The highest BCUT2D eigenvalue weighted by Gasteiger charge is 2.58. The molecule has 2 aliphatic rings. The lowest BCUT2D eigenvalue weighted by atomic mass is 9.94. The summed E-state index contributed by atoms with van der Waals surface area (Å²) < 4.78 is 59.8. The number of nitrogens with zero attached hydrogens (tertiary/aromatic N) is 2. The van der Waals surface area contributed by atoms with E-state index in [4.69, 9.17) is 4.74 Å². The fourth-order valence-corrected chi connectivity index (χ4v) is 5.09. The van der Waals surface area contributed by atoms with Crippen LogP contribution in [0.2, 0.25) is 0 Å². The van der Waals surface area contributed by atoms with Crippen molar-refractivity contribution in [1.82, 2.24) is 20.4 Å². The van der Waals surface area contributed by atoms with E-state index in [1.165, 1.54) is 31.2 Å². The zero-order chi connectivity index (χ0) is 32.2. The van der Waals surface area contributed by atoms with Gasteiger partial charge in [0.25, 0.3) is 5.91 Å². The number of hydrogen-bond acceptors (Lipinski definition) is 6. The predicted molar refractivity (Wildman–Crippen MR) is 147 cm³/mol. The molecule has 1 spiro atoms. The third kappa shape index (κ3) is 7.09. The Balaban J connectivity index is 1.44. The molecule has 2 aromatic carbocycles. The van der Waals surface area contributed by atoms with Gasteiger partial charge in [-0.25, -0.2) is 18.9 Å². The normalized spacial score (nSPS) is 18.1. The molecule has 0 aromatic heterocycles. The average Bonchev–Trinajstić information content (AvgIpc) is 3.43. The van der Waals surface area contributed by atoms with E-state index in [9.17, 15) is 41.5 Å². The van der Waals surface area contributed by atoms with Gasteiger partial charge in [0, 0.05) is 44.2 Å². The molecule has 1 aliphatic heterocycles. The number of halogens is 4. The van der Waals surface area contributed by atoms with Crippen molar-refractivity contribution in [3.05, 3.63) is 65.0 Å². The van der Waals surface area contributed by atoms with Crippen molar-refractivity contribution in [2.45, 2.75) is 57.5 Å². The van der Waals surface area contributed by atoms with Crippen LogP contribution in [0.5, 0.6) is 0 Å². The summed E-state index contributed by atoms with van der Waals surface area (Å²) in [5.74, 6) is -2.81. The molecule has 2 atom stereocenters. The number of carbonyl (C=O) groups is 5. The quantitative estimate of drug-likeness (QED) is 0.274. The maximum absolute atomic E-state index is 13.7. The molecule has 11 nitrogen and oxygen atoms in total. The number of fused-ring (bicyclic) bond motifs is 2. The minimum atomic E-state index is -4.81. The lowest BCUT2D eigenvalue weighted by Gasteiger charge is -2.31. The Bertz CT molecular complexity index is 1450. The topological polar surface area (TPSA) is 137 Å². The number of amides is 6. The minimum Gasteiger partial charge on any atom is -0.427 e. The molecule has 4 rings (SSSR count). The van der Waals surface area contributed by atoms with Crippen LogP contribution in [0.15, 0.2) is 42.5 Å². The molecule has 6 amide bonds. The lowest BCUT2D eigenvalue weighted by Crippen LogP contribution is -2.51. The highest BCUT2D eigenvalue weighted by atomic mass is 19.4. The first-order valence-electron chi connectivity index (χ1n) is 13.8. The van der Waals surface area contributed by atoms with Gasteiger partial charge in [0.2, 0.25) is 17.4 Å². The van der Waals surface area contributed by atoms with E-state index in [2.05, 4.69) is 16.0 Å². The fourth-order valence-electron chi connectivity index (χ4n) is 5.09. The fraction of sp³-hybridized carbons (Fsp3) is 0.414. The Morgan fingerprint density at radius 1 is 1.07 bits per heavy atom. The highest BCUT2D eigenvalue weighted by Crippen LogP contribution is 2.46. The Morgan fingerprint density at radius 3 is 2.41 bits per heavy atom. The number of aryl methyl sites for hydroxylation is 1. The largest absolute Gasteiger partial charge is 0.427 e. The van der Waals surface area contributed by atoms with Crippen LogP contribution >= 0.6 is 0 Å². The minimum absolute atomic E-state index is 0.0364. The van der Waals surface area contributed by atoms with Crippen molar-refractivity contribution in [2.75, 3.05) is 25.0 Å². The maximum atomic E-state index is 13.7. The van der Waals surface area contributed by atoms with Crippen molar-refractivity contribution in [3.8, 4) is 0 Å². The van der Waals surface area contributed by atoms with Gasteiger partial charge in [0.15, 0.2) is 0 Å². The van der Waals surface area contributed by atoms with Gasteiger partial charge in [-0.2, -0.15) is 13.2 Å². The molecule has 1 saturated heterocycles. The van der Waals surface area contributed by atoms with E-state index < -0.39 is 60.7 Å². The van der Waals surface area contributed by atoms with Gasteiger partial charge in [-0.15, -0.1) is 0 Å². The molecule has 0 unspecified atom stereocenters. The lowest BCUT2D eigenvalue weighted by molar-refractivity contribution is -0.187. The molecule has 236 valence electrons. The second-order valence-electron chi connectivity index (χ2n) is 10.5. The summed E-state index contributed by atoms with van der Waals surface area (Å²) in [6.45, 7) is 1.35. The first-order valence-corrected chi connectivity index (χ1v) is 13.8. The summed E-state index contributed by atoms with van der Waals surface area (Å²) in [6.07, 6.45) is -5.14. The molecule has 0 bridgehead atoms. The van der Waals surface area contributed by atoms with Crippen LogP contribution in [0.25, 0.3) is 0 Å². The first kappa shape index (κ1) is 32.2. The van der Waals surface area contributed by atoms with E-state index in [1.54, 1.807) is 6.07 Å². The van der Waals surface area contributed by atoms with E-state index in [0.717, 1.165) is 19.1 Å². The average molecular weight is 622 g/mol. The number of hydrogen-bond donors (Lipinski definition) is 3. The molecule has 1 aliphatic carbocycles. The number of urea groups is 1. The maximum Gasteiger partial charge on any atom is 0.418 e. The van der Waals surface area contributed by atoms with Crippen LogP contribution in [0.1, 0.15) is 43.4 Å². The van der Waals surface area contributed by atoms with Crippen LogP contribution in [0.4, 0.5) is 32.8 Å².